The number of anilines is 1. The molecule has 0 amide bonds. The van der Waals surface area contributed by atoms with Crippen molar-refractivity contribution in [2.24, 2.45) is 5.73 Å². The van der Waals surface area contributed by atoms with Crippen LogP contribution in [0.25, 0.3) is 10.9 Å². The molecule has 5 nitrogen and oxygen atoms in total. The number of nitrogens with zero attached hydrogens (tertiary/aromatic N) is 4. The number of aromatic nitrogens is 2. The molecular formula is C14H19N5. The molecule has 100 valence electrons. The van der Waals surface area contributed by atoms with E-state index >= 15 is 0 Å². The van der Waals surface area contributed by atoms with E-state index in [2.05, 4.69) is 25.8 Å². The third-order valence-electron chi connectivity index (χ3n) is 3.64. The van der Waals surface area contributed by atoms with Crippen molar-refractivity contribution in [2.45, 2.75) is 0 Å². The van der Waals surface area contributed by atoms with E-state index < -0.39 is 0 Å². The van der Waals surface area contributed by atoms with Crippen LogP contribution in [-0.4, -0.2) is 54.1 Å². The zero-order valence-corrected chi connectivity index (χ0v) is 11.0. The SMILES string of the molecule is NCCN1CCN(c2ncnc3ccccc23)CC1. The Morgan fingerprint density at radius 1 is 1.05 bits per heavy atom. The van der Waals surface area contributed by atoms with Crippen molar-refractivity contribution in [2.75, 3.05) is 44.2 Å². The number of piperazine rings is 1. The second-order valence-electron chi connectivity index (χ2n) is 4.83. The molecule has 1 aliphatic heterocycles. The average molecular weight is 257 g/mol. The summed E-state index contributed by atoms with van der Waals surface area (Å²) in [6.07, 6.45) is 1.66. The van der Waals surface area contributed by atoms with Crippen LogP contribution in [0.3, 0.4) is 0 Å². The highest BCUT2D eigenvalue weighted by Gasteiger charge is 2.18. The molecule has 1 aliphatic rings. The first-order valence-corrected chi connectivity index (χ1v) is 6.75. The summed E-state index contributed by atoms with van der Waals surface area (Å²) in [5.41, 5.74) is 6.61. The van der Waals surface area contributed by atoms with Crippen LogP contribution in [0.15, 0.2) is 30.6 Å². The fraction of sp³-hybridized carbons (Fsp3) is 0.429. The molecule has 5 heteroatoms. The smallest absolute Gasteiger partial charge is 0.139 e. The molecule has 0 atom stereocenters. The van der Waals surface area contributed by atoms with E-state index in [-0.39, 0.29) is 0 Å². The molecule has 19 heavy (non-hydrogen) atoms. The van der Waals surface area contributed by atoms with Crippen LogP contribution in [0.1, 0.15) is 0 Å². The topological polar surface area (TPSA) is 58.3 Å². The lowest BCUT2D eigenvalue weighted by Crippen LogP contribution is -2.48. The third-order valence-corrected chi connectivity index (χ3v) is 3.64. The number of hydrogen-bond donors (Lipinski definition) is 1. The van der Waals surface area contributed by atoms with Gasteiger partial charge in [0.15, 0.2) is 0 Å². The van der Waals surface area contributed by atoms with E-state index in [1.165, 1.54) is 0 Å². The maximum absolute atomic E-state index is 5.60. The lowest BCUT2D eigenvalue weighted by Gasteiger charge is -2.35. The zero-order chi connectivity index (χ0) is 13.1. The fourth-order valence-electron chi connectivity index (χ4n) is 2.61. The minimum Gasteiger partial charge on any atom is -0.353 e. The average Bonchev–Trinajstić information content (AvgIpc) is 2.48. The van der Waals surface area contributed by atoms with Crippen molar-refractivity contribution < 1.29 is 0 Å². The summed E-state index contributed by atoms with van der Waals surface area (Å²) in [4.78, 5) is 13.5. The van der Waals surface area contributed by atoms with E-state index in [4.69, 9.17) is 5.73 Å². The summed E-state index contributed by atoms with van der Waals surface area (Å²) in [5, 5.41) is 1.14. The number of fused-ring (bicyclic) bond motifs is 1. The Bertz CT molecular complexity index is 543. The normalized spacial score (nSPS) is 17.0. The third kappa shape index (κ3) is 2.52. The molecular weight excluding hydrogens is 238 g/mol. The van der Waals surface area contributed by atoms with Gasteiger partial charge in [-0.15, -0.1) is 0 Å². The van der Waals surface area contributed by atoms with E-state index in [0.717, 1.165) is 56.0 Å². The predicted octanol–water partition coefficient (Wildman–Crippen LogP) is 0.710. The summed E-state index contributed by atoms with van der Waals surface area (Å²) in [6.45, 7) is 5.82. The highest BCUT2D eigenvalue weighted by molar-refractivity contribution is 5.89. The Morgan fingerprint density at radius 3 is 2.63 bits per heavy atom. The van der Waals surface area contributed by atoms with E-state index in [1.54, 1.807) is 6.33 Å². The quantitative estimate of drug-likeness (QED) is 0.877. The fourth-order valence-corrected chi connectivity index (χ4v) is 2.61. The van der Waals surface area contributed by atoms with Gasteiger partial charge < -0.3 is 10.6 Å². The first-order valence-electron chi connectivity index (χ1n) is 6.75. The van der Waals surface area contributed by atoms with E-state index in [0.29, 0.717) is 0 Å². The zero-order valence-electron chi connectivity index (χ0n) is 11.0. The van der Waals surface area contributed by atoms with Crippen LogP contribution in [0.4, 0.5) is 5.82 Å². The molecule has 3 rings (SSSR count). The molecule has 0 bridgehead atoms. The van der Waals surface area contributed by atoms with Crippen molar-refractivity contribution in [1.29, 1.82) is 0 Å². The van der Waals surface area contributed by atoms with Gasteiger partial charge in [0.1, 0.15) is 12.1 Å². The van der Waals surface area contributed by atoms with Crippen molar-refractivity contribution in [3.05, 3.63) is 30.6 Å². The lowest BCUT2D eigenvalue weighted by atomic mass is 10.2. The number of nitrogens with two attached hydrogens (primary N) is 1. The minimum absolute atomic E-state index is 0.733. The predicted molar refractivity (Wildman–Crippen MR) is 77.2 cm³/mol. The van der Waals surface area contributed by atoms with Gasteiger partial charge in [0, 0.05) is 44.7 Å². The second-order valence-corrected chi connectivity index (χ2v) is 4.83. The second kappa shape index (κ2) is 5.50. The Morgan fingerprint density at radius 2 is 1.84 bits per heavy atom. The maximum Gasteiger partial charge on any atom is 0.139 e. The lowest BCUT2D eigenvalue weighted by molar-refractivity contribution is 0.264. The van der Waals surface area contributed by atoms with Gasteiger partial charge >= 0.3 is 0 Å². The number of para-hydroxylation sites is 1. The van der Waals surface area contributed by atoms with Crippen LogP contribution >= 0.6 is 0 Å². The van der Waals surface area contributed by atoms with Crippen molar-refractivity contribution in [3.8, 4) is 0 Å². The van der Waals surface area contributed by atoms with Gasteiger partial charge in [0.05, 0.1) is 5.52 Å². The van der Waals surface area contributed by atoms with E-state index in [9.17, 15) is 0 Å². The molecule has 0 radical (unpaired) electrons. The van der Waals surface area contributed by atoms with Gasteiger partial charge in [0.25, 0.3) is 0 Å². The van der Waals surface area contributed by atoms with Gasteiger partial charge in [-0.3, -0.25) is 4.90 Å². The summed E-state index contributed by atoms with van der Waals surface area (Å²) >= 11 is 0. The molecule has 0 saturated carbocycles. The number of rotatable bonds is 3. The summed E-state index contributed by atoms with van der Waals surface area (Å²) in [6, 6.07) is 8.18. The first-order chi connectivity index (χ1) is 9.38. The highest BCUT2D eigenvalue weighted by atomic mass is 15.3. The Hall–Kier alpha value is -1.72. The molecule has 1 aromatic carbocycles. The molecule has 0 spiro atoms. The molecule has 0 unspecified atom stereocenters. The van der Waals surface area contributed by atoms with Gasteiger partial charge in [-0.1, -0.05) is 12.1 Å². The minimum atomic E-state index is 0.733. The van der Waals surface area contributed by atoms with E-state index in [1.807, 2.05) is 18.2 Å². The summed E-state index contributed by atoms with van der Waals surface area (Å²) in [5.74, 6) is 1.05. The van der Waals surface area contributed by atoms with Crippen molar-refractivity contribution >= 4 is 16.7 Å². The van der Waals surface area contributed by atoms with Crippen molar-refractivity contribution in [1.82, 2.24) is 14.9 Å². The molecule has 0 aliphatic carbocycles. The Labute approximate surface area is 113 Å². The van der Waals surface area contributed by atoms with Gasteiger partial charge in [0.2, 0.25) is 0 Å². The van der Waals surface area contributed by atoms with Gasteiger partial charge in [-0.2, -0.15) is 0 Å². The first kappa shape index (κ1) is 12.3. The van der Waals surface area contributed by atoms with Crippen LogP contribution in [0, 0.1) is 0 Å². The monoisotopic (exact) mass is 257 g/mol. The molecule has 2 N–H and O–H groups in total. The van der Waals surface area contributed by atoms with Gasteiger partial charge in [-0.05, 0) is 12.1 Å². The number of benzene rings is 1. The Kier molecular flexibility index (Phi) is 3.57. The Balaban J connectivity index is 1.82. The summed E-state index contributed by atoms with van der Waals surface area (Å²) in [7, 11) is 0. The summed E-state index contributed by atoms with van der Waals surface area (Å²) < 4.78 is 0. The molecule has 1 fully saturated rings. The number of hydrogen-bond acceptors (Lipinski definition) is 5. The molecule has 1 aromatic heterocycles. The largest absolute Gasteiger partial charge is 0.353 e. The van der Waals surface area contributed by atoms with Crippen molar-refractivity contribution in [3.63, 3.8) is 0 Å². The van der Waals surface area contributed by atoms with Crippen LogP contribution in [-0.2, 0) is 0 Å². The standard InChI is InChI=1S/C14H19N5/c15-5-6-18-7-9-19(10-8-18)14-12-3-1-2-4-13(12)16-11-17-14/h1-4,11H,5-10,15H2. The maximum atomic E-state index is 5.60. The molecule has 2 heterocycles. The van der Waals surface area contributed by atoms with Gasteiger partial charge in [-0.25, -0.2) is 9.97 Å². The molecule has 2 aromatic rings. The molecule has 1 saturated heterocycles. The van der Waals surface area contributed by atoms with Crippen LogP contribution in [0.5, 0.6) is 0 Å². The highest BCUT2D eigenvalue weighted by Crippen LogP contribution is 2.23. The van der Waals surface area contributed by atoms with Crippen LogP contribution in [0.2, 0.25) is 0 Å². The van der Waals surface area contributed by atoms with Crippen LogP contribution < -0.4 is 10.6 Å².